The van der Waals surface area contributed by atoms with Crippen LogP contribution in [0.5, 0.6) is 5.75 Å². The number of methoxy groups -OCH3 is 1. The smallest absolute Gasteiger partial charge is 0.278 e. The Bertz CT molecular complexity index is 1200. The number of rotatable bonds is 7. The van der Waals surface area contributed by atoms with Gasteiger partial charge in [0.15, 0.2) is 4.77 Å². The van der Waals surface area contributed by atoms with Crippen LogP contribution in [-0.4, -0.2) is 70.1 Å². The molecule has 1 aliphatic heterocycles. The minimum Gasteiger partial charge on any atom is -0.497 e. The van der Waals surface area contributed by atoms with Crippen molar-refractivity contribution in [2.75, 3.05) is 39.8 Å². The molecule has 166 valence electrons. The summed E-state index contributed by atoms with van der Waals surface area (Å²) in [5.74, 6) is 0.922. The second kappa shape index (κ2) is 9.23. The summed E-state index contributed by atoms with van der Waals surface area (Å²) in [6.45, 7) is 7.17. The molecule has 1 saturated heterocycles. The number of amides is 1. The third kappa shape index (κ3) is 4.38. The van der Waals surface area contributed by atoms with Crippen molar-refractivity contribution in [2.24, 2.45) is 0 Å². The molecule has 2 N–H and O–H groups in total. The lowest BCUT2D eigenvalue weighted by Crippen LogP contribution is -2.48. The van der Waals surface area contributed by atoms with Gasteiger partial charge in [0, 0.05) is 50.0 Å². The van der Waals surface area contributed by atoms with Gasteiger partial charge in [-0.2, -0.15) is 0 Å². The summed E-state index contributed by atoms with van der Waals surface area (Å²) in [4.78, 5) is 36.2. The Kier molecular flexibility index (Phi) is 6.43. The van der Waals surface area contributed by atoms with Crippen LogP contribution in [0.15, 0.2) is 23.0 Å². The highest BCUT2D eigenvalue weighted by atomic mass is 32.1. The van der Waals surface area contributed by atoms with E-state index in [-0.39, 0.29) is 11.5 Å². The van der Waals surface area contributed by atoms with E-state index in [9.17, 15) is 9.59 Å². The lowest BCUT2D eigenvalue weighted by molar-refractivity contribution is -0.133. The van der Waals surface area contributed by atoms with Crippen LogP contribution in [0.2, 0.25) is 0 Å². The zero-order valence-electron chi connectivity index (χ0n) is 18.1. The number of unbranched alkanes of at least 4 members (excludes halogenated alkanes) is 1. The number of benzene rings is 1. The Labute approximate surface area is 185 Å². The van der Waals surface area contributed by atoms with Crippen LogP contribution in [-0.2, 0) is 11.3 Å². The maximum Gasteiger partial charge on any atom is 0.278 e. The maximum atomic E-state index is 13.0. The van der Waals surface area contributed by atoms with Crippen molar-refractivity contribution < 1.29 is 9.53 Å². The number of carbonyl (C=O) groups is 1. The minimum absolute atomic E-state index is 0.143. The second-order valence-electron chi connectivity index (χ2n) is 7.95. The van der Waals surface area contributed by atoms with Crippen LogP contribution in [0.1, 0.15) is 26.2 Å². The van der Waals surface area contributed by atoms with E-state index in [1.54, 1.807) is 11.7 Å². The van der Waals surface area contributed by atoms with Gasteiger partial charge >= 0.3 is 0 Å². The van der Waals surface area contributed by atoms with Crippen LogP contribution in [0, 0.1) is 4.77 Å². The van der Waals surface area contributed by atoms with E-state index in [0.717, 1.165) is 62.2 Å². The molecule has 0 bridgehead atoms. The van der Waals surface area contributed by atoms with Crippen LogP contribution < -0.4 is 10.3 Å². The van der Waals surface area contributed by atoms with Gasteiger partial charge < -0.3 is 24.5 Å². The van der Waals surface area contributed by atoms with Gasteiger partial charge in [0.2, 0.25) is 5.91 Å². The summed E-state index contributed by atoms with van der Waals surface area (Å²) in [5, 5.41) is 0.874. The van der Waals surface area contributed by atoms with E-state index in [1.807, 2.05) is 23.1 Å². The number of aromatic amines is 2. The molecule has 1 fully saturated rings. The summed E-state index contributed by atoms with van der Waals surface area (Å²) in [5.41, 5.74) is 1.91. The molecule has 2 aromatic heterocycles. The predicted octanol–water partition coefficient (Wildman–Crippen LogP) is 2.88. The number of likely N-dealkylation sites (N-methyl/N-ethyl adjacent to an activating group) is 1. The van der Waals surface area contributed by atoms with Crippen molar-refractivity contribution in [2.45, 2.75) is 32.7 Å². The molecule has 1 amide bonds. The quantitative estimate of drug-likeness (QED) is 0.433. The van der Waals surface area contributed by atoms with E-state index in [0.29, 0.717) is 28.8 Å². The van der Waals surface area contributed by atoms with Gasteiger partial charge in [0.05, 0.1) is 12.6 Å². The summed E-state index contributed by atoms with van der Waals surface area (Å²) < 4.78 is 7.26. The number of nitrogens with one attached hydrogen (secondary N) is 2. The second-order valence-corrected chi connectivity index (χ2v) is 8.33. The highest BCUT2D eigenvalue weighted by molar-refractivity contribution is 7.71. The fourth-order valence-electron chi connectivity index (χ4n) is 4.21. The SMILES string of the molecule is CCN1CCN(C(=O)CCCCn2c(=S)[nH]c3c([nH]c4ccc(OC)cc43)c2=O)CC1. The Morgan fingerprint density at radius 1 is 1.13 bits per heavy atom. The number of aromatic nitrogens is 3. The van der Waals surface area contributed by atoms with E-state index >= 15 is 0 Å². The molecule has 0 unspecified atom stereocenters. The van der Waals surface area contributed by atoms with Crippen molar-refractivity contribution in [3.05, 3.63) is 33.3 Å². The largest absolute Gasteiger partial charge is 0.497 e. The topological polar surface area (TPSA) is 86.4 Å². The van der Waals surface area contributed by atoms with Gasteiger partial charge in [-0.3, -0.25) is 14.2 Å². The highest BCUT2D eigenvalue weighted by Crippen LogP contribution is 2.25. The number of H-pyrrole nitrogens is 2. The number of hydrogen-bond acceptors (Lipinski definition) is 5. The molecule has 31 heavy (non-hydrogen) atoms. The molecule has 0 aliphatic carbocycles. The van der Waals surface area contributed by atoms with E-state index < -0.39 is 0 Å². The Morgan fingerprint density at radius 2 is 1.90 bits per heavy atom. The van der Waals surface area contributed by atoms with Gasteiger partial charge in [-0.25, -0.2) is 0 Å². The molecule has 8 nitrogen and oxygen atoms in total. The fraction of sp³-hybridized carbons (Fsp3) is 0.500. The monoisotopic (exact) mass is 443 g/mol. The Morgan fingerprint density at radius 3 is 2.61 bits per heavy atom. The number of carbonyl (C=O) groups excluding carboxylic acids is 1. The first-order valence-electron chi connectivity index (χ1n) is 10.8. The number of nitrogens with zero attached hydrogens (tertiary/aromatic N) is 3. The molecule has 4 rings (SSSR count). The first kappa shape index (κ1) is 21.6. The van der Waals surface area contributed by atoms with Gasteiger partial charge in [-0.05, 0) is 49.8 Å². The van der Waals surface area contributed by atoms with Gasteiger partial charge in [0.1, 0.15) is 11.3 Å². The summed E-state index contributed by atoms with van der Waals surface area (Å²) in [6, 6.07) is 5.62. The molecule has 3 heterocycles. The van der Waals surface area contributed by atoms with Crippen molar-refractivity contribution in [3.8, 4) is 5.75 Å². The first-order valence-corrected chi connectivity index (χ1v) is 11.2. The molecular weight excluding hydrogens is 414 g/mol. The Hall–Kier alpha value is -2.65. The van der Waals surface area contributed by atoms with Crippen molar-refractivity contribution >= 4 is 40.1 Å². The molecule has 1 aliphatic rings. The molecular formula is C22H29N5O3S. The molecule has 1 aromatic carbocycles. The third-order valence-corrected chi connectivity index (χ3v) is 6.46. The number of hydrogen-bond donors (Lipinski definition) is 2. The first-order chi connectivity index (χ1) is 15.0. The van der Waals surface area contributed by atoms with Gasteiger partial charge in [-0.1, -0.05) is 6.92 Å². The molecule has 0 spiro atoms. The molecule has 3 aromatic rings. The fourth-order valence-corrected chi connectivity index (χ4v) is 4.49. The zero-order valence-corrected chi connectivity index (χ0v) is 18.9. The number of ether oxygens (including phenoxy) is 1. The van der Waals surface area contributed by atoms with E-state index in [1.165, 1.54) is 0 Å². The standard InChI is InChI=1S/C22H29N5O3S/c1-3-25-10-12-26(13-11-25)18(28)6-4-5-9-27-21(29)20-19(24-22(27)31)16-14-15(30-2)7-8-17(16)23-20/h7-8,14,23H,3-6,9-13H2,1-2H3,(H,24,31). The number of piperazine rings is 1. The number of fused-ring (bicyclic) bond motifs is 3. The molecule has 9 heteroatoms. The van der Waals surface area contributed by atoms with Crippen molar-refractivity contribution in [3.63, 3.8) is 0 Å². The molecule has 0 radical (unpaired) electrons. The Balaban J connectivity index is 1.42. The van der Waals surface area contributed by atoms with Crippen molar-refractivity contribution in [1.29, 1.82) is 0 Å². The normalized spacial score (nSPS) is 15.1. The van der Waals surface area contributed by atoms with Crippen LogP contribution >= 0.6 is 12.2 Å². The average molecular weight is 444 g/mol. The third-order valence-electron chi connectivity index (χ3n) is 6.14. The van der Waals surface area contributed by atoms with E-state index in [4.69, 9.17) is 17.0 Å². The van der Waals surface area contributed by atoms with Gasteiger partial charge in [-0.15, -0.1) is 0 Å². The predicted molar refractivity (Wildman–Crippen MR) is 124 cm³/mol. The van der Waals surface area contributed by atoms with Crippen LogP contribution in [0.25, 0.3) is 21.9 Å². The lowest BCUT2D eigenvalue weighted by atomic mass is 10.2. The zero-order chi connectivity index (χ0) is 22.0. The van der Waals surface area contributed by atoms with Crippen LogP contribution in [0.3, 0.4) is 0 Å². The van der Waals surface area contributed by atoms with Crippen LogP contribution in [0.4, 0.5) is 0 Å². The maximum absolute atomic E-state index is 13.0. The average Bonchev–Trinajstić information content (AvgIpc) is 3.16. The van der Waals surface area contributed by atoms with E-state index in [2.05, 4.69) is 21.8 Å². The summed E-state index contributed by atoms with van der Waals surface area (Å²) in [6.07, 6.45) is 1.96. The van der Waals surface area contributed by atoms with Crippen molar-refractivity contribution in [1.82, 2.24) is 24.3 Å². The molecule has 0 saturated carbocycles. The summed E-state index contributed by atoms with van der Waals surface area (Å²) >= 11 is 5.47. The van der Waals surface area contributed by atoms with Gasteiger partial charge in [0.25, 0.3) is 5.56 Å². The minimum atomic E-state index is -0.143. The summed E-state index contributed by atoms with van der Waals surface area (Å²) in [7, 11) is 1.61. The lowest BCUT2D eigenvalue weighted by Gasteiger charge is -2.34. The highest BCUT2D eigenvalue weighted by Gasteiger charge is 2.19. The molecule has 0 atom stereocenters.